The molecule has 0 saturated heterocycles. The highest BCUT2D eigenvalue weighted by Crippen LogP contribution is 2.24. The van der Waals surface area contributed by atoms with Crippen LogP contribution in [0.25, 0.3) is 0 Å². The van der Waals surface area contributed by atoms with Crippen molar-refractivity contribution < 1.29 is 4.79 Å². The van der Waals surface area contributed by atoms with Crippen LogP contribution in [0.15, 0.2) is 28.7 Å². The van der Waals surface area contributed by atoms with Crippen LogP contribution in [0.2, 0.25) is 0 Å². The molecule has 0 bridgehead atoms. The first-order valence-electron chi connectivity index (χ1n) is 6.24. The number of halogens is 1. The predicted octanol–water partition coefficient (Wildman–Crippen LogP) is 3.76. The summed E-state index contributed by atoms with van der Waals surface area (Å²) in [6, 6.07) is 7.91. The molecule has 1 aliphatic rings. The van der Waals surface area contributed by atoms with E-state index in [1.807, 2.05) is 24.3 Å². The summed E-state index contributed by atoms with van der Waals surface area (Å²) < 4.78 is 0.862. The largest absolute Gasteiger partial charge is 0.349 e. The molecule has 0 heterocycles. The average Bonchev–Trinajstić information content (AvgIpc) is 2.32. The van der Waals surface area contributed by atoms with E-state index in [1.54, 1.807) is 0 Å². The van der Waals surface area contributed by atoms with E-state index < -0.39 is 0 Å². The minimum absolute atomic E-state index is 0.0382. The molecule has 0 aromatic heterocycles. The summed E-state index contributed by atoms with van der Waals surface area (Å²) >= 11 is 3.42. The summed E-state index contributed by atoms with van der Waals surface area (Å²) in [5, 5.41) is 3.16. The van der Waals surface area contributed by atoms with Gasteiger partial charge >= 0.3 is 0 Å². The highest BCUT2D eigenvalue weighted by atomic mass is 79.9. The number of nitrogens with one attached hydrogen (secondary N) is 1. The van der Waals surface area contributed by atoms with Crippen molar-refractivity contribution in [2.45, 2.75) is 38.6 Å². The maximum absolute atomic E-state index is 12.1. The number of amides is 1. The first-order valence-corrected chi connectivity index (χ1v) is 7.03. The Labute approximate surface area is 111 Å². The molecule has 92 valence electrons. The van der Waals surface area contributed by atoms with E-state index in [0.717, 1.165) is 16.5 Å². The van der Waals surface area contributed by atoms with E-state index in [0.29, 0.717) is 12.0 Å². The summed E-state index contributed by atoms with van der Waals surface area (Å²) in [6.45, 7) is 2.23. The summed E-state index contributed by atoms with van der Waals surface area (Å²) in [5.41, 5.74) is 0.727. The van der Waals surface area contributed by atoms with Gasteiger partial charge in [-0.15, -0.1) is 0 Å². The SMILES string of the molecule is C[C@@H]1CCCC[C@H]1NC(=O)c1ccccc1Br. The van der Waals surface area contributed by atoms with Crippen LogP contribution in [0.5, 0.6) is 0 Å². The van der Waals surface area contributed by atoms with E-state index in [2.05, 4.69) is 28.2 Å². The van der Waals surface area contributed by atoms with Gasteiger partial charge in [-0.2, -0.15) is 0 Å². The molecule has 1 saturated carbocycles. The molecular formula is C14H18BrNO. The minimum Gasteiger partial charge on any atom is -0.349 e. The minimum atomic E-state index is 0.0382. The molecule has 1 aromatic rings. The van der Waals surface area contributed by atoms with Crippen molar-refractivity contribution in [2.75, 3.05) is 0 Å². The second-order valence-electron chi connectivity index (χ2n) is 4.82. The summed E-state index contributed by atoms with van der Waals surface area (Å²) in [4.78, 5) is 12.1. The first kappa shape index (κ1) is 12.6. The van der Waals surface area contributed by atoms with Crippen LogP contribution in [-0.2, 0) is 0 Å². The summed E-state index contributed by atoms with van der Waals surface area (Å²) in [7, 11) is 0. The molecule has 2 nitrogen and oxygen atoms in total. The quantitative estimate of drug-likeness (QED) is 0.884. The highest BCUT2D eigenvalue weighted by Gasteiger charge is 2.23. The average molecular weight is 296 g/mol. The summed E-state index contributed by atoms with van der Waals surface area (Å²) in [5.74, 6) is 0.631. The van der Waals surface area contributed by atoms with Gasteiger partial charge in [0.1, 0.15) is 0 Å². The third kappa shape index (κ3) is 3.09. The Morgan fingerprint density at radius 2 is 2.00 bits per heavy atom. The van der Waals surface area contributed by atoms with Crippen molar-refractivity contribution in [1.82, 2.24) is 5.32 Å². The molecule has 0 aliphatic heterocycles. The molecule has 1 fully saturated rings. The number of carbonyl (C=O) groups excluding carboxylic acids is 1. The monoisotopic (exact) mass is 295 g/mol. The normalized spacial score (nSPS) is 24.4. The Bertz CT molecular complexity index is 405. The molecule has 1 amide bonds. The summed E-state index contributed by atoms with van der Waals surface area (Å²) in [6.07, 6.45) is 4.85. The topological polar surface area (TPSA) is 29.1 Å². The Balaban J connectivity index is 2.04. The standard InChI is InChI=1S/C14H18BrNO/c1-10-6-2-5-9-13(10)16-14(17)11-7-3-4-8-12(11)15/h3-4,7-8,10,13H,2,5-6,9H2,1H3,(H,16,17)/t10-,13-/m1/s1. The molecule has 1 aromatic carbocycles. The lowest BCUT2D eigenvalue weighted by molar-refractivity contribution is 0.0909. The lowest BCUT2D eigenvalue weighted by Gasteiger charge is -2.29. The van der Waals surface area contributed by atoms with Gasteiger partial charge in [0, 0.05) is 10.5 Å². The van der Waals surface area contributed by atoms with Crippen molar-refractivity contribution in [3.8, 4) is 0 Å². The fraction of sp³-hybridized carbons (Fsp3) is 0.500. The number of benzene rings is 1. The van der Waals surface area contributed by atoms with E-state index in [1.165, 1.54) is 19.3 Å². The van der Waals surface area contributed by atoms with Gasteiger partial charge < -0.3 is 5.32 Å². The molecule has 0 unspecified atom stereocenters. The van der Waals surface area contributed by atoms with Gasteiger partial charge in [-0.25, -0.2) is 0 Å². The van der Waals surface area contributed by atoms with Gasteiger partial charge in [-0.3, -0.25) is 4.79 Å². The van der Waals surface area contributed by atoms with Crippen LogP contribution in [0.1, 0.15) is 43.0 Å². The first-order chi connectivity index (χ1) is 8.18. The van der Waals surface area contributed by atoms with Crippen molar-refractivity contribution >= 4 is 21.8 Å². The number of hydrogen-bond donors (Lipinski definition) is 1. The molecule has 0 spiro atoms. The van der Waals surface area contributed by atoms with Gasteiger partial charge in [0.05, 0.1) is 5.56 Å². The van der Waals surface area contributed by atoms with Gasteiger partial charge in [-0.1, -0.05) is 31.9 Å². The zero-order valence-electron chi connectivity index (χ0n) is 10.1. The Morgan fingerprint density at radius 3 is 2.71 bits per heavy atom. The molecule has 1 N–H and O–H groups in total. The molecule has 1 aliphatic carbocycles. The maximum Gasteiger partial charge on any atom is 0.252 e. The molecular weight excluding hydrogens is 278 g/mol. The molecule has 2 rings (SSSR count). The number of carbonyl (C=O) groups is 1. The Hall–Kier alpha value is -0.830. The maximum atomic E-state index is 12.1. The molecule has 3 heteroatoms. The van der Waals surface area contributed by atoms with Gasteiger partial charge in [-0.05, 0) is 46.8 Å². The van der Waals surface area contributed by atoms with Crippen molar-refractivity contribution in [3.05, 3.63) is 34.3 Å². The number of rotatable bonds is 2. The van der Waals surface area contributed by atoms with E-state index in [9.17, 15) is 4.79 Å². The van der Waals surface area contributed by atoms with Gasteiger partial charge in [0.15, 0.2) is 0 Å². The smallest absolute Gasteiger partial charge is 0.252 e. The fourth-order valence-corrected chi connectivity index (χ4v) is 2.89. The Morgan fingerprint density at radius 1 is 1.29 bits per heavy atom. The van der Waals surface area contributed by atoms with Crippen molar-refractivity contribution in [2.24, 2.45) is 5.92 Å². The van der Waals surface area contributed by atoms with Crippen LogP contribution in [0.4, 0.5) is 0 Å². The number of hydrogen-bond acceptors (Lipinski definition) is 1. The lowest BCUT2D eigenvalue weighted by atomic mass is 9.86. The molecule has 0 radical (unpaired) electrons. The van der Waals surface area contributed by atoms with E-state index >= 15 is 0 Å². The van der Waals surface area contributed by atoms with Crippen LogP contribution in [0, 0.1) is 5.92 Å². The third-order valence-electron chi connectivity index (χ3n) is 3.55. The molecule has 17 heavy (non-hydrogen) atoms. The lowest BCUT2D eigenvalue weighted by Crippen LogP contribution is -2.41. The van der Waals surface area contributed by atoms with Crippen molar-refractivity contribution in [3.63, 3.8) is 0 Å². The zero-order valence-corrected chi connectivity index (χ0v) is 11.7. The van der Waals surface area contributed by atoms with Crippen LogP contribution < -0.4 is 5.32 Å². The Kier molecular flexibility index (Phi) is 4.21. The van der Waals surface area contributed by atoms with Crippen LogP contribution >= 0.6 is 15.9 Å². The predicted molar refractivity (Wildman–Crippen MR) is 73.0 cm³/mol. The third-order valence-corrected chi connectivity index (χ3v) is 4.24. The fourth-order valence-electron chi connectivity index (χ4n) is 2.42. The van der Waals surface area contributed by atoms with E-state index in [4.69, 9.17) is 0 Å². The second-order valence-corrected chi connectivity index (χ2v) is 5.68. The van der Waals surface area contributed by atoms with Gasteiger partial charge in [0.2, 0.25) is 0 Å². The van der Waals surface area contributed by atoms with Crippen LogP contribution in [-0.4, -0.2) is 11.9 Å². The molecule has 2 atom stereocenters. The van der Waals surface area contributed by atoms with Crippen LogP contribution in [0.3, 0.4) is 0 Å². The van der Waals surface area contributed by atoms with Crippen molar-refractivity contribution in [1.29, 1.82) is 0 Å². The zero-order chi connectivity index (χ0) is 12.3. The second kappa shape index (κ2) is 5.67. The van der Waals surface area contributed by atoms with Gasteiger partial charge in [0.25, 0.3) is 5.91 Å². The van der Waals surface area contributed by atoms with E-state index in [-0.39, 0.29) is 5.91 Å². The highest BCUT2D eigenvalue weighted by molar-refractivity contribution is 9.10.